The van der Waals surface area contributed by atoms with Crippen molar-refractivity contribution in [3.63, 3.8) is 0 Å². The summed E-state index contributed by atoms with van der Waals surface area (Å²) in [6.07, 6.45) is 13.1. The minimum absolute atomic E-state index is 0.0128. The normalized spacial score (nSPS) is 18.0. The summed E-state index contributed by atoms with van der Waals surface area (Å²) in [7, 11) is -22.1. The first-order valence-corrected chi connectivity index (χ1v) is 30.5. The van der Waals surface area contributed by atoms with Crippen LogP contribution < -0.4 is 9.62 Å². The molecular weight excluding hydrogens is 1080 g/mol. The van der Waals surface area contributed by atoms with E-state index in [0.29, 0.717) is 60.2 Å². The van der Waals surface area contributed by atoms with Crippen LogP contribution >= 0.6 is 0 Å². The maximum absolute atomic E-state index is 13.7. The molecule has 0 radical (unpaired) electrons. The summed E-state index contributed by atoms with van der Waals surface area (Å²) >= 11 is 0. The minimum atomic E-state index is -5.36. The Morgan fingerprint density at radius 1 is 0.693 bits per heavy atom. The van der Waals surface area contributed by atoms with Crippen LogP contribution in [0, 0.1) is 0 Å². The summed E-state index contributed by atoms with van der Waals surface area (Å²) in [5, 5.41) is 9.35. The number of carboxylic acids is 1. The fourth-order valence-corrected chi connectivity index (χ4v) is 13.6. The lowest BCUT2D eigenvalue weighted by Crippen LogP contribution is -2.31. The van der Waals surface area contributed by atoms with Gasteiger partial charge in [-0.2, -0.15) is 4.58 Å². The predicted molar refractivity (Wildman–Crippen MR) is 274 cm³/mol. The first-order chi connectivity index (χ1) is 34.9. The lowest BCUT2D eigenvalue weighted by Gasteiger charge is -2.31. The second kappa shape index (κ2) is 22.8. The highest BCUT2D eigenvalue weighted by molar-refractivity contribution is 7.90. The van der Waals surface area contributed by atoms with Gasteiger partial charge in [0.25, 0.3) is 0 Å². The van der Waals surface area contributed by atoms with Crippen LogP contribution in [0.5, 0.6) is 0 Å². The number of methoxy groups -OCH3 is 2. The van der Waals surface area contributed by atoms with Crippen molar-refractivity contribution in [2.45, 2.75) is 89.7 Å². The van der Waals surface area contributed by atoms with E-state index in [9.17, 15) is 70.2 Å². The van der Waals surface area contributed by atoms with Gasteiger partial charge in [0, 0.05) is 85.8 Å². The highest BCUT2D eigenvalue weighted by atomic mass is 32.2. The molecule has 6 rings (SSSR count). The van der Waals surface area contributed by atoms with E-state index in [1.807, 2.05) is 24.5 Å². The molecule has 26 heteroatoms. The average Bonchev–Trinajstić information content (AvgIpc) is 3.67. The van der Waals surface area contributed by atoms with Gasteiger partial charge in [-0.1, -0.05) is 36.4 Å². The summed E-state index contributed by atoms with van der Waals surface area (Å²) < 4.78 is 190. The molecule has 408 valence electrons. The van der Waals surface area contributed by atoms with Gasteiger partial charge >= 0.3 is 5.97 Å². The number of nitrogens with zero attached hydrogens (tertiary/aromatic N) is 2. The molecule has 21 nitrogen and oxygen atoms in total. The van der Waals surface area contributed by atoms with Crippen molar-refractivity contribution in [2.24, 2.45) is 0 Å². The van der Waals surface area contributed by atoms with E-state index in [1.54, 1.807) is 60.4 Å². The maximum Gasteiger partial charge on any atom is 0.303 e. The molecule has 2 N–H and O–H groups in total. The Labute approximate surface area is 437 Å². The third-order valence-electron chi connectivity index (χ3n) is 13.2. The zero-order chi connectivity index (χ0) is 55.5. The van der Waals surface area contributed by atoms with Crippen LogP contribution in [0.3, 0.4) is 0 Å². The number of carbonyl (C=O) groups is 1. The lowest BCUT2D eigenvalue weighted by molar-refractivity contribution is -0.438. The molecule has 2 aliphatic heterocycles. The zero-order valence-electron chi connectivity index (χ0n) is 41.5. The molecule has 0 aromatic heterocycles. The highest BCUT2D eigenvalue weighted by Crippen LogP contribution is 2.54. The van der Waals surface area contributed by atoms with Crippen LogP contribution in [0.15, 0.2) is 116 Å². The molecule has 4 aromatic carbocycles. The summed E-state index contributed by atoms with van der Waals surface area (Å²) in [5.41, 5.74) is 0.722. The summed E-state index contributed by atoms with van der Waals surface area (Å²) in [6.45, 7) is 5.93. The second-order valence-electron chi connectivity index (χ2n) is 18.6. The van der Waals surface area contributed by atoms with Gasteiger partial charge in [-0.15, -0.1) is 0 Å². The van der Waals surface area contributed by atoms with Gasteiger partial charge in [-0.05, 0) is 111 Å². The fourth-order valence-electron chi connectivity index (χ4n) is 9.94. The van der Waals surface area contributed by atoms with E-state index >= 15 is 0 Å². The largest absolute Gasteiger partial charge is 0.748 e. The van der Waals surface area contributed by atoms with Gasteiger partial charge in [0.05, 0.1) is 48.3 Å². The maximum atomic E-state index is 13.7. The van der Waals surface area contributed by atoms with E-state index in [4.69, 9.17) is 9.47 Å². The fraction of sp³-hybridized carbons (Fsp3) is 0.388. The zero-order valence-corrected chi connectivity index (χ0v) is 45.6. The number of benzene rings is 4. The van der Waals surface area contributed by atoms with E-state index < -0.39 is 92.6 Å². The number of hydrogen-bond donors (Lipinski definition) is 2. The van der Waals surface area contributed by atoms with Crippen molar-refractivity contribution in [1.29, 1.82) is 0 Å². The Kier molecular flexibility index (Phi) is 17.9. The number of fused-ring (bicyclic) bond motifs is 6. The first-order valence-electron chi connectivity index (χ1n) is 23.3. The summed E-state index contributed by atoms with van der Waals surface area (Å²) in [5.74, 6) is -1.72. The van der Waals surface area contributed by atoms with Gasteiger partial charge in [-0.25, -0.2) is 46.8 Å². The molecule has 0 aliphatic carbocycles. The SMILES string of the molecule is COCCNS(=O)(=O)c1cc(S(=O)(=O)[O-])cc2c3c(ccc12)[N+](CCCCCC(=O)O)=C(/C=C/C=C/C=C/C=C1/N(CCOC)c2ccc4c(S(=O)(=O)[O-])cc(S(=O)(=O)[O-])cc4c2C1(C)CCCS(=O)(=O)[O-])C3(C)C. The smallest absolute Gasteiger partial charge is 0.303 e. The number of aliphatic carboxylic acids is 1. The van der Waals surface area contributed by atoms with Gasteiger partial charge in [-0.3, -0.25) is 4.79 Å². The number of unbranched alkanes of at least 4 members (excludes halogenated alkanes) is 2. The quantitative estimate of drug-likeness (QED) is 0.0383. The number of anilines is 1. The topological polar surface area (TPSA) is 337 Å². The van der Waals surface area contributed by atoms with Crippen LogP contribution in [0.1, 0.15) is 70.4 Å². The van der Waals surface area contributed by atoms with Crippen molar-refractivity contribution < 1.29 is 84.3 Å². The molecule has 2 heterocycles. The molecule has 0 spiro atoms. The molecule has 0 fully saturated rings. The van der Waals surface area contributed by atoms with Crippen molar-refractivity contribution in [3.8, 4) is 0 Å². The molecule has 75 heavy (non-hydrogen) atoms. The number of carboxylic acid groups (broad SMARTS) is 1. The molecule has 0 amide bonds. The van der Waals surface area contributed by atoms with E-state index in [1.165, 1.54) is 32.4 Å². The molecule has 1 atom stereocenters. The Balaban J connectivity index is 1.44. The van der Waals surface area contributed by atoms with Gasteiger partial charge in [0.2, 0.25) is 15.7 Å². The lowest BCUT2D eigenvalue weighted by atomic mass is 9.75. The van der Waals surface area contributed by atoms with Crippen molar-refractivity contribution in [3.05, 3.63) is 108 Å². The molecule has 0 saturated heterocycles. The number of nitrogens with one attached hydrogen (secondary N) is 1. The molecular formula is C49H56N3O18S5-3. The number of hydrogen-bond acceptors (Lipinski definition) is 18. The summed E-state index contributed by atoms with van der Waals surface area (Å²) in [6, 6.07) is 9.56. The third kappa shape index (κ3) is 13.1. The van der Waals surface area contributed by atoms with Gasteiger partial charge in [0.15, 0.2) is 5.71 Å². The van der Waals surface area contributed by atoms with Crippen molar-refractivity contribution in [2.75, 3.05) is 57.7 Å². The molecule has 0 saturated carbocycles. The Morgan fingerprint density at radius 3 is 1.88 bits per heavy atom. The number of sulfonamides is 1. The number of allylic oxidation sites excluding steroid dienone is 8. The monoisotopic (exact) mass is 1130 g/mol. The minimum Gasteiger partial charge on any atom is -0.748 e. The van der Waals surface area contributed by atoms with Gasteiger partial charge < -0.3 is 37.7 Å². The first kappa shape index (κ1) is 59.0. The third-order valence-corrected chi connectivity index (χ3v) is 18.0. The molecule has 2 aliphatic rings. The van der Waals surface area contributed by atoms with Crippen LogP contribution in [0.25, 0.3) is 21.5 Å². The van der Waals surface area contributed by atoms with E-state index in [0.717, 1.165) is 12.1 Å². The van der Waals surface area contributed by atoms with Crippen molar-refractivity contribution in [1.82, 2.24) is 4.72 Å². The van der Waals surface area contributed by atoms with E-state index in [-0.39, 0.29) is 72.7 Å². The highest BCUT2D eigenvalue weighted by Gasteiger charge is 2.47. The molecule has 0 bridgehead atoms. The predicted octanol–water partition coefficient (Wildman–Crippen LogP) is 4.95. The average molecular weight is 1140 g/mol. The Hall–Kier alpha value is -5.23. The number of rotatable bonds is 25. The second-order valence-corrected chi connectivity index (χ2v) is 26.0. The molecule has 4 aromatic rings. The van der Waals surface area contributed by atoms with E-state index in [2.05, 4.69) is 4.72 Å². The van der Waals surface area contributed by atoms with Crippen molar-refractivity contribution >= 4 is 95.1 Å². The number of ether oxygens (including phenoxy) is 2. The van der Waals surface area contributed by atoms with Crippen LogP contribution in [-0.4, -0.2) is 134 Å². The van der Waals surface area contributed by atoms with Crippen LogP contribution in [-0.2, 0) is 75.6 Å². The van der Waals surface area contributed by atoms with Crippen LogP contribution in [0.4, 0.5) is 11.4 Å². The summed E-state index contributed by atoms with van der Waals surface area (Å²) in [4.78, 5) is 9.95. The standard InChI is InChI=1S/C49H59N3O18S5/c1-48(2)43(51(24-13-9-12-17-45(53)54)39-20-18-35-37(46(39)48)29-33(73(60,61)62)31-41(35)72(58,59)50-23-26-69-4)15-10-7-6-8-11-16-44-49(3,22-14-28-71(55,56)57)47-38-30-34(74(63,64)65)32-42(75(66,67)68)36(38)19-21-40(47)52(44)25-27-70-5/h6-8,10-11,15-16,18-21,29-32,50H,9,12-14,17,22-28H2,1-5H3,(H4-,53,54,55,56,57,60,61,62,63,64,65,66,67,68)/p-3. The van der Waals surface area contributed by atoms with Gasteiger partial charge in [0.1, 0.15) is 36.9 Å². The molecule has 1 unspecified atom stereocenters. The Morgan fingerprint density at radius 2 is 1.28 bits per heavy atom. The van der Waals surface area contributed by atoms with Crippen LogP contribution in [0.2, 0.25) is 0 Å². The Bertz CT molecular complexity index is 3660.